The van der Waals surface area contributed by atoms with E-state index in [0.717, 1.165) is 17.5 Å². The summed E-state index contributed by atoms with van der Waals surface area (Å²) in [6.07, 6.45) is 5.98. The van der Waals surface area contributed by atoms with Gasteiger partial charge in [-0.25, -0.2) is 14.4 Å². The molecule has 0 amide bonds. The molecule has 5 heteroatoms. The Hall–Kier alpha value is -3.60. The van der Waals surface area contributed by atoms with Gasteiger partial charge in [-0.1, -0.05) is 36.4 Å². The lowest BCUT2D eigenvalue weighted by Crippen LogP contribution is -2.22. The van der Waals surface area contributed by atoms with Crippen molar-refractivity contribution in [2.75, 3.05) is 0 Å². The van der Waals surface area contributed by atoms with Crippen molar-refractivity contribution in [2.24, 2.45) is 0 Å². The zero-order valence-corrected chi connectivity index (χ0v) is 15.9. The lowest BCUT2D eigenvalue weighted by molar-refractivity contribution is 0.599. The molecule has 5 rings (SSSR count). The number of fused-ring (bicyclic) bond motifs is 2. The highest BCUT2D eigenvalue weighted by Gasteiger charge is 2.13. The first-order chi connectivity index (χ1) is 14.1. The highest BCUT2D eigenvalue weighted by Crippen LogP contribution is 2.31. The van der Waals surface area contributed by atoms with Crippen LogP contribution < -0.4 is 5.56 Å². The van der Waals surface area contributed by atoms with Crippen LogP contribution in [0.15, 0.2) is 71.8 Å². The second-order valence-corrected chi connectivity index (χ2v) is 7.30. The highest BCUT2D eigenvalue weighted by molar-refractivity contribution is 5.76. The first kappa shape index (κ1) is 17.5. The quantitative estimate of drug-likeness (QED) is 0.519. The van der Waals surface area contributed by atoms with E-state index in [4.69, 9.17) is 0 Å². The summed E-state index contributed by atoms with van der Waals surface area (Å²) < 4.78 is 16.4. The molecule has 2 heterocycles. The summed E-state index contributed by atoms with van der Waals surface area (Å²) in [5.74, 6) is -0.343. The Balaban J connectivity index is 1.50. The van der Waals surface area contributed by atoms with Crippen molar-refractivity contribution in [1.82, 2.24) is 14.5 Å². The van der Waals surface area contributed by atoms with Gasteiger partial charge in [0.1, 0.15) is 11.3 Å². The van der Waals surface area contributed by atoms with Gasteiger partial charge in [0, 0.05) is 11.8 Å². The molecular weight excluding hydrogens is 365 g/mol. The van der Waals surface area contributed by atoms with Crippen molar-refractivity contribution in [3.05, 3.63) is 99.9 Å². The van der Waals surface area contributed by atoms with Crippen molar-refractivity contribution >= 4 is 16.7 Å². The fraction of sp³-hybridized carbons (Fsp3) is 0.125. The van der Waals surface area contributed by atoms with Gasteiger partial charge in [0.15, 0.2) is 5.65 Å². The van der Waals surface area contributed by atoms with E-state index in [1.165, 1.54) is 33.5 Å². The average Bonchev–Trinajstić information content (AvgIpc) is 3.11. The Morgan fingerprint density at radius 3 is 2.76 bits per heavy atom. The van der Waals surface area contributed by atoms with E-state index < -0.39 is 0 Å². The molecule has 2 aromatic heterocycles. The number of rotatable bonds is 3. The Morgan fingerprint density at radius 1 is 1.07 bits per heavy atom. The highest BCUT2D eigenvalue weighted by atomic mass is 19.1. The van der Waals surface area contributed by atoms with Crippen LogP contribution >= 0.6 is 0 Å². The molecule has 0 spiro atoms. The molecule has 4 aromatic rings. The first-order valence-corrected chi connectivity index (χ1v) is 9.49. The minimum Gasteiger partial charge on any atom is -0.285 e. The summed E-state index contributed by atoms with van der Waals surface area (Å²) in [6.45, 7) is 2.22. The van der Waals surface area contributed by atoms with Crippen LogP contribution in [0.3, 0.4) is 0 Å². The third kappa shape index (κ3) is 3.05. The number of halogens is 1. The number of hydrogen-bond donors (Lipinski definition) is 0. The van der Waals surface area contributed by atoms with Crippen LogP contribution in [0.1, 0.15) is 23.6 Å². The van der Waals surface area contributed by atoms with E-state index in [1.807, 2.05) is 12.1 Å². The lowest BCUT2D eigenvalue weighted by Gasteiger charge is -2.11. The van der Waals surface area contributed by atoms with Gasteiger partial charge in [-0.05, 0) is 59.4 Å². The Morgan fingerprint density at radius 2 is 1.90 bits per heavy atom. The van der Waals surface area contributed by atoms with Gasteiger partial charge >= 0.3 is 0 Å². The standard InChI is InChI=1S/C24H18FN3O/c1-15-4-5-18-11-16(8-9-20(15)18)17-6-7-19(21(25)12-17)14-28-23(29)13-27-22-3-2-10-26-24(22)28/h2-4,6-13H,5,14H2,1H3. The van der Waals surface area contributed by atoms with Crippen LogP contribution in [0.2, 0.25) is 0 Å². The zero-order valence-electron chi connectivity index (χ0n) is 15.9. The van der Waals surface area contributed by atoms with Crippen LogP contribution in [0.25, 0.3) is 27.9 Å². The van der Waals surface area contributed by atoms with Gasteiger partial charge < -0.3 is 0 Å². The van der Waals surface area contributed by atoms with Crippen LogP contribution in [-0.4, -0.2) is 14.5 Å². The predicted octanol–water partition coefficient (Wildman–Crippen LogP) is 4.61. The summed E-state index contributed by atoms with van der Waals surface area (Å²) in [4.78, 5) is 20.6. The van der Waals surface area contributed by atoms with Gasteiger partial charge in [-0.2, -0.15) is 0 Å². The number of nitrogens with zero attached hydrogens (tertiary/aromatic N) is 3. The van der Waals surface area contributed by atoms with E-state index in [9.17, 15) is 9.18 Å². The molecule has 1 aliphatic rings. The molecule has 0 saturated heterocycles. The molecule has 4 nitrogen and oxygen atoms in total. The molecule has 0 saturated carbocycles. The summed E-state index contributed by atoms with van der Waals surface area (Å²) in [5, 5.41) is 0. The van der Waals surface area contributed by atoms with Gasteiger partial charge in [-0.3, -0.25) is 9.36 Å². The van der Waals surface area contributed by atoms with E-state index in [2.05, 4.69) is 35.1 Å². The SMILES string of the molecule is CC1=CCc2cc(-c3ccc(Cn4c(=O)cnc5cccnc54)c(F)c3)ccc21. The maximum atomic E-state index is 14.9. The van der Waals surface area contributed by atoms with Crippen LogP contribution in [0, 0.1) is 5.82 Å². The summed E-state index contributed by atoms with van der Waals surface area (Å²) >= 11 is 0. The molecule has 29 heavy (non-hydrogen) atoms. The van der Waals surface area contributed by atoms with Gasteiger partial charge in [0.25, 0.3) is 5.56 Å². The van der Waals surface area contributed by atoms with Crippen molar-refractivity contribution in [1.29, 1.82) is 0 Å². The number of aromatic nitrogens is 3. The largest absolute Gasteiger partial charge is 0.285 e. The van der Waals surface area contributed by atoms with E-state index in [1.54, 1.807) is 24.4 Å². The number of pyridine rings is 1. The zero-order chi connectivity index (χ0) is 20.0. The summed E-state index contributed by atoms with van der Waals surface area (Å²) in [7, 11) is 0. The van der Waals surface area contributed by atoms with E-state index in [-0.39, 0.29) is 17.9 Å². The van der Waals surface area contributed by atoms with Crippen molar-refractivity contribution in [2.45, 2.75) is 19.9 Å². The molecule has 0 unspecified atom stereocenters. The average molecular weight is 383 g/mol. The fourth-order valence-corrected chi connectivity index (χ4v) is 3.87. The van der Waals surface area contributed by atoms with Crippen LogP contribution in [0.5, 0.6) is 0 Å². The smallest absolute Gasteiger partial charge is 0.270 e. The topological polar surface area (TPSA) is 47.8 Å². The molecular formula is C24H18FN3O. The minimum atomic E-state index is -0.343. The number of benzene rings is 2. The molecule has 1 aliphatic carbocycles. The molecule has 0 bridgehead atoms. The van der Waals surface area contributed by atoms with E-state index >= 15 is 0 Å². The predicted molar refractivity (Wildman–Crippen MR) is 112 cm³/mol. The maximum Gasteiger partial charge on any atom is 0.270 e. The van der Waals surface area contributed by atoms with Crippen molar-refractivity contribution in [3.63, 3.8) is 0 Å². The normalized spacial score (nSPS) is 12.8. The second kappa shape index (κ2) is 6.78. The molecule has 0 N–H and O–H groups in total. The monoisotopic (exact) mass is 383 g/mol. The number of hydrogen-bond acceptors (Lipinski definition) is 3. The third-order valence-corrected chi connectivity index (χ3v) is 5.47. The third-order valence-electron chi connectivity index (χ3n) is 5.47. The Labute approximate surface area is 167 Å². The maximum absolute atomic E-state index is 14.9. The molecule has 0 fully saturated rings. The molecule has 0 atom stereocenters. The van der Waals surface area contributed by atoms with Crippen molar-refractivity contribution < 1.29 is 4.39 Å². The molecule has 142 valence electrons. The number of allylic oxidation sites excluding steroid dienone is 2. The Bertz CT molecular complexity index is 1350. The minimum absolute atomic E-state index is 0.105. The lowest BCUT2D eigenvalue weighted by atomic mass is 9.98. The molecule has 2 aromatic carbocycles. The van der Waals surface area contributed by atoms with Crippen LogP contribution in [0.4, 0.5) is 4.39 Å². The van der Waals surface area contributed by atoms with Gasteiger partial charge in [0.2, 0.25) is 0 Å². The Kier molecular flexibility index (Phi) is 4.09. The molecule has 0 radical (unpaired) electrons. The van der Waals surface area contributed by atoms with Gasteiger partial charge in [0.05, 0.1) is 12.7 Å². The van der Waals surface area contributed by atoms with E-state index in [0.29, 0.717) is 16.7 Å². The first-order valence-electron chi connectivity index (χ1n) is 9.49. The molecule has 0 aliphatic heterocycles. The fourth-order valence-electron chi connectivity index (χ4n) is 3.87. The van der Waals surface area contributed by atoms with Crippen LogP contribution in [-0.2, 0) is 13.0 Å². The second-order valence-electron chi connectivity index (χ2n) is 7.30. The summed E-state index contributed by atoms with van der Waals surface area (Å²) in [6, 6.07) is 15.0. The van der Waals surface area contributed by atoms with Crippen molar-refractivity contribution in [3.8, 4) is 11.1 Å². The summed E-state index contributed by atoms with van der Waals surface area (Å²) in [5.41, 5.74) is 6.82. The van der Waals surface area contributed by atoms with Gasteiger partial charge in [-0.15, -0.1) is 0 Å².